The van der Waals surface area contributed by atoms with Gasteiger partial charge in [0.25, 0.3) is 0 Å². The van der Waals surface area contributed by atoms with Gasteiger partial charge in [-0.05, 0) is 42.5 Å². The molecule has 1 amide bonds. The fourth-order valence-corrected chi connectivity index (χ4v) is 4.21. The molecule has 1 spiro atoms. The number of carbonyl (C=O) groups is 1. The third-order valence-electron chi connectivity index (χ3n) is 5.52. The molecule has 0 radical (unpaired) electrons. The number of aryl methyl sites for hydroxylation is 1. The van der Waals surface area contributed by atoms with E-state index in [0.717, 1.165) is 30.6 Å². The van der Waals surface area contributed by atoms with E-state index in [0.29, 0.717) is 12.2 Å². The standard InChI is InChI=1S/C19H18N4O/c24-18(21-11-16-22-15-6-3-9-20-17(15)23-16)14-10-19(14)8-7-12-4-1-2-5-13(12)19/h1-6,9,14H,7-8,10-11H2,(H,21,24)(H,20,22,23). The van der Waals surface area contributed by atoms with Gasteiger partial charge in [0, 0.05) is 17.5 Å². The fourth-order valence-electron chi connectivity index (χ4n) is 4.21. The van der Waals surface area contributed by atoms with Gasteiger partial charge in [0.1, 0.15) is 5.82 Å². The second-order valence-electron chi connectivity index (χ2n) is 6.85. The largest absolute Gasteiger partial charge is 0.349 e. The molecule has 5 rings (SSSR count). The van der Waals surface area contributed by atoms with Crippen LogP contribution in [0.5, 0.6) is 0 Å². The van der Waals surface area contributed by atoms with Gasteiger partial charge in [-0.15, -0.1) is 0 Å². The Morgan fingerprint density at radius 2 is 2.21 bits per heavy atom. The van der Waals surface area contributed by atoms with Gasteiger partial charge in [0.2, 0.25) is 5.91 Å². The Kier molecular flexibility index (Phi) is 2.80. The lowest BCUT2D eigenvalue weighted by atomic mass is 9.95. The molecule has 0 aliphatic heterocycles. The molecule has 1 aromatic carbocycles. The van der Waals surface area contributed by atoms with Gasteiger partial charge >= 0.3 is 0 Å². The van der Waals surface area contributed by atoms with Crippen LogP contribution in [0.4, 0.5) is 0 Å². The smallest absolute Gasteiger partial charge is 0.224 e. The van der Waals surface area contributed by atoms with Crippen LogP contribution in [0, 0.1) is 5.92 Å². The van der Waals surface area contributed by atoms with E-state index in [-0.39, 0.29) is 17.2 Å². The lowest BCUT2D eigenvalue weighted by Crippen LogP contribution is -2.28. The first-order valence-corrected chi connectivity index (χ1v) is 8.42. The van der Waals surface area contributed by atoms with Crippen molar-refractivity contribution in [2.75, 3.05) is 0 Å². The molecule has 2 aliphatic rings. The van der Waals surface area contributed by atoms with Gasteiger partial charge in [0.15, 0.2) is 5.65 Å². The van der Waals surface area contributed by atoms with Gasteiger partial charge in [-0.25, -0.2) is 9.97 Å². The van der Waals surface area contributed by atoms with Crippen LogP contribution in [0.1, 0.15) is 29.8 Å². The highest BCUT2D eigenvalue weighted by molar-refractivity contribution is 5.85. The number of aromatic nitrogens is 3. The molecule has 2 N–H and O–H groups in total. The number of amides is 1. The number of nitrogens with zero attached hydrogens (tertiary/aromatic N) is 2. The van der Waals surface area contributed by atoms with E-state index in [9.17, 15) is 4.79 Å². The molecule has 0 saturated heterocycles. The zero-order valence-corrected chi connectivity index (χ0v) is 13.2. The van der Waals surface area contributed by atoms with E-state index < -0.39 is 0 Å². The molecule has 120 valence electrons. The number of hydrogen-bond donors (Lipinski definition) is 2. The minimum absolute atomic E-state index is 0.0934. The van der Waals surface area contributed by atoms with E-state index in [2.05, 4.69) is 44.5 Å². The van der Waals surface area contributed by atoms with Crippen LogP contribution < -0.4 is 5.32 Å². The second kappa shape index (κ2) is 4.90. The summed E-state index contributed by atoms with van der Waals surface area (Å²) in [4.78, 5) is 24.4. The van der Waals surface area contributed by atoms with Crippen molar-refractivity contribution >= 4 is 17.1 Å². The van der Waals surface area contributed by atoms with Crippen molar-refractivity contribution < 1.29 is 4.79 Å². The van der Waals surface area contributed by atoms with Gasteiger partial charge in [-0.3, -0.25) is 4.79 Å². The minimum atomic E-state index is 0.0934. The van der Waals surface area contributed by atoms with Gasteiger partial charge < -0.3 is 10.3 Å². The number of aromatic amines is 1. The summed E-state index contributed by atoms with van der Waals surface area (Å²) in [7, 11) is 0. The van der Waals surface area contributed by atoms with Crippen molar-refractivity contribution in [3.05, 3.63) is 59.5 Å². The van der Waals surface area contributed by atoms with Crippen molar-refractivity contribution in [2.24, 2.45) is 5.92 Å². The SMILES string of the molecule is O=C(NCc1nc2ncccc2[nH]1)C1CC12CCc1ccccc12. The number of imidazole rings is 1. The highest BCUT2D eigenvalue weighted by Gasteiger charge is 2.61. The van der Waals surface area contributed by atoms with Gasteiger partial charge in [0.05, 0.1) is 12.1 Å². The normalized spacial score (nSPS) is 24.2. The number of hydrogen-bond acceptors (Lipinski definition) is 3. The Morgan fingerprint density at radius 3 is 3.12 bits per heavy atom. The molecule has 2 unspecified atom stereocenters. The number of nitrogens with one attached hydrogen (secondary N) is 2. The summed E-state index contributed by atoms with van der Waals surface area (Å²) in [6.45, 7) is 0.420. The van der Waals surface area contributed by atoms with Crippen LogP contribution in [0.2, 0.25) is 0 Å². The second-order valence-corrected chi connectivity index (χ2v) is 6.85. The number of benzene rings is 1. The van der Waals surface area contributed by atoms with E-state index in [1.165, 1.54) is 11.1 Å². The Hall–Kier alpha value is -2.69. The summed E-state index contributed by atoms with van der Waals surface area (Å²) >= 11 is 0. The van der Waals surface area contributed by atoms with Gasteiger partial charge in [-0.1, -0.05) is 24.3 Å². The lowest BCUT2D eigenvalue weighted by molar-refractivity contribution is -0.123. The number of carbonyl (C=O) groups excluding carboxylic acids is 1. The first-order chi connectivity index (χ1) is 11.8. The topological polar surface area (TPSA) is 70.7 Å². The Labute approximate surface area is 139 Å². The third kappa shape index (κ3) is 1.97. The number of H-pyrrole nitrogens is 1. The molecule has 1 fully saturated rings. The zero-order chi connectivity index (χ0) is 16.1. The Bertz CT molecular complexity index is 914. The van der Waals surface area contributed by atoms with Gasteiger partial charge in [-0.2, -0.15) is 0 Å². The molecule has 24 heavy (non-hydrogen) atoms. The minimum Gasteiger partial charge on any atom is -0.349 e. The van der Waals surface area contributed by atoms with Crippen molar-refractivity contribution in [1.82, 2.24) is 20.3 Å². The van der Waals surface area contributed by atoms with Crippen LogP contribution in [-0.2, 0) is 23.2 Å². The fraction of sp³-hybridized carbons (Fsp3) is 0.316. The van der Waals surface area contributed by atoms with Crippen LogP contribution in [0.15, 0.2) is 42.6 Å². The van der Waals surface area contributed by atoms with Crippen molar-refractivity contribution in [3.63, 3.8) is 0 Å². The molecule has 2 heterocycles. The molecule has 2 aromatic heterocycles. The molecular weight excluding hydrogens is 300 g/mol. The summed E-state index contributed by atoms with van der Waals surface area (Å²) in [6.07, 6.45) is 4.88. The van der Waals surface area contributed by atoms with Crippen LogP contribution >= 0.6 is 0 Å². The molecule has 1 saturated carbocycles. The van der Waals surface area contributed by atoms with Crippen molar-refractivity contribution in [2.45, 2.75) is 31.2 Å². The summed E-state index contributed by atoms with van der Waals surface area (Å²) in [5, 5.41) is 3.04. The highest BCUT2D eigenvalue weighted by Crippen LogP contribution is 2.61. The van der Waals surface area contributed by atoms with E-state index in [1.807, 2.05) is 12.1 Å². The molecule has 0 bridgehead atoms. The average molecular weight is 318 g/mol. The number of rotatable bonds is 3. The summed E-state index contributed by atoms with van der Waals surface area (Å²) < 4.78 is 0. The maximum Gasteiger partial charge on any atom is 0.224 e. The Morgan fingerprint density at radius 1 is 1.29 bits per heavy atom. The summed E-state index contributed by atoms with van der Waals surface area (Å²) in [6, 6.07) is 12.4. The Balaban J connectivity index is 1.29. The monoisotopic (exact) mass is 318 g/mol. The molecule has 3 aromatic rings. The van der Waals surface area contributed by atoms with E-state index in [4.69, 9.17) is 0 Å². The molecule has 2 atom stereocenters. The van der Waals surface area contributed by atoms with Crippen LogP contribution in [-0.4, -0.2) is 20.9 Å². The lowest BCUT2D eigenvalue weighted by Gasteiger charge is -2.11. The predicted molar refractivity (Wildman–Crippen MR) is 90.3 cm³/mol. The molecule has 5 heteroatoms. The third-order valence-corrected chi connectivity index (χ3v) is 5.52. The maximum absolute atomic E-state index is 12.6. The summed E-state index contributed by atoms with van der Waals surface area (Å²) in [5.74, 6) is 0.988. The predicted octanol–water partition coefficient (Wildman–Crippen LogP) is 2.48. The number of fused-ring (bicyclic) bond motifs is 3. The van der Waals surface area contributed by atoms with Crippen LogP contribution in [0.25, 0.3) is 11.2 Å². The van der Waals surface area contributed by atoms with E-state index >= 15 is 0 Å². The van der Waals surface area contributed by atoms with Crippen molar-refractivity contribution in [3.8, 4) is 0 Å². The maximum atomic E-state index is 12.6. The van der Waals surface area contributed by atoms with Crippen molar-refractivity contribution in [1.29, 1.82) is 0 Å². The average Bonchev–Trinajstić information content (AvgIpc) is 3.01. The first-order valence-electron chi connectivity index (χ1n) is 8.42. The molecule has 5 nitrogen and oxygen atoms in total. The zero-order valence-electron chi connectivity index (χ0n) is 13.2. The highest BCUT2D eigenvalue weighted by atomic mass is 16.2. The molecule has 2 aliphatic carbocycles. The van der Waals surface area contributed by atoms with Crippen LogP contribution in [0.3, 0.4) is 0 Å². The summed E-state index contributed by atoms with van der Waals surface area (Å²) in [5.41, 5.74) is 4.48. The number of pyridine rings is 1. The molecular formula is C19H18N4O. The van der Waals surface area contributed by atoms with E-state index in [1.54, 1.807) is 6.20 Å². The quantitative estimate of drug-likeness (QED) is 0.779. The first kappa shape index (κ1) is 13.7.